The molecule has 0 aliphatic rings. The molecule has 0 aliphatic carbocycles. The fourth-order valence-electron chi connectivity index (χ4n) is 4.27. The highest BCUT2D eigenvalue weighted by Gasteiger charge is 2.27. The minimum Gasteiger partial charge on any atom is -0.459 e. The fourth-order valence-corrected chi connectivity index (χ4v) is 8.02. The van der Waals surface area contributed by atoms with Crippen LogP contribution >= 0.6 is 6.04 Å². The lowest BCUT2D eigenvalue weighted by atomic mass is 10.1. The minimum atomic E-state index is -2.29. The number of nitrogens with one attached hydrogen (secondary N) is 1. The molecule has 40 heavy (non-hydrogen) atoms. The molecule has 4 aromatic carbocycles. The van der Waals surface area contributed by atoms with Gasteiger partial charge in [-0.15, -0.1) is 0 Å². The molecule has 0 bridgehead atoms. The molecule has 0 radical (unpaired) electrons. The van der Waals surface area contributed by atoms with E-state index in [9.17, 15) is 9.59 Å². The number of rotatable bonds is 9. The van der Waals surface area contributed by atoms with Gasteiger partial charge >= 0.3 is 12.1 Å². The lowest BCUT2D eigenvalue weighted by molar-refractivity contribution is -0.147. The highest BCUT2D eigenvalue weighted by Crippen LogP contribution is 2.42. The molecule has 1 atom stereocenters. The van der Waals surface area contributed by atoms with Crippen molar-refractivity contribution in [2.75, 3.05) is 0 Å². The van der Waals surface area contributed by atoms with Crippen LogP contribution in [0.5, 0.6) is 0 Å². The van der Waals surface area contributed by atoms with Gasteiger partial charge in [-0.3, -0.25) is 0 Å². The van der Waals surface area contributed by atoms with Gasteiger partial charge in [0.2, 0.25) is 0 Å². The standard InChI is InChI=1S/C33H34NO4PS/c1-33(2,3)38-32(36)34-30(31(35)37-24-26-13-7-4-8-14-26)23-25-19-21-29(22-20-25)39(40,27-15-9-5-10-16-27)28-17-11-6-12-18-28/h4-22,30H,23-24H2,1-3H3,(H,34,36)/t30-/m0/s1. The third-order valence-corrected chi connectivity index (χ3v) is 11.2. The van der Waals surface area contributed by atoms with E-state index < -0.39 is 29.7 Å². The van der Waals surface area contributed by atoms with Crippen LogP contribution in [0.2, 0.25) is 0 Å². The Balaban J connectivity index is 1.58. The molecular formula is C33H34NO4PS. The van der Waals surface area contributed by atoms with Gasteiger partial charge in [0.05, 0.1) is 0 Å². The lowest BCUT2D eigenvalue weighted by Crippen LogP contribution is -2.45. The van der Waals surface area contributed by atoms with E-state index >= 15 is 0 Å². The molecule has 4 aromatic rings. The summed E-state index contributed by atoms with van der Waals surface area (Å²) in [6.07, 6.45) is -0.429. The molecule has 0 aromatic heterocycles. The van der Waals surface area contributed by atoms with Gasteiger partial charge in [-0.2, -0.15) is 0 Å². The Bertz CT molecular complexity index is 1410. The van der Waals surface area contributed by atoms with Crippen molar-refractivity contribution in [3.63, 3.8) is 0 Å². The van der Waals surface area contributed by atoms with Crippen LogP contribution in [0.1, 0.15) is 31.9 Å². The van der Waals surface area contributed by atoms with Crippen molar-refractivity contribution in [3.05, 3.63) is 126 Å². The first-order chi connectivity index (χ1) is 19.1. The first-order valence-corrected chi connectivity index (χ1v) is 16.0. The zero-order valence-corrected chi connectivity index (χ0v) is 24.7. The Kier molecular flexibility index (Phi) is 9.57. The maximum Gasteiger partial charge on any atom is 0.408 e. The molecular weight excluding hydrogens is 537 g/mol. The summed E-state index contributed by atoms with van der Waals surface area (Å²) in [6.45, 7) is 5.44. The quantitative estimate of drug-likeness (QED) is 0.209. The van der Waals surface area contributed by atoms with Crippen LogP contribution in [0.4, 0.5) is 4.79 Å². The van der Waals surface area contributed by atoms with E-state index in [1.54, 1.807) is 20.8 Å². The monoisotopic (exact) mass is 571 g/mol. The van der Waals surface area contributed by atoms with Gasteiger partial charge in [0.25, 0.3) is 0 Å². The summed E-state index contributed by atoms with van der Waals surface area (Å²) in [5, 5.41) is 5.97. The van der Waals surface area contributed by atoms with Gasteiger partial charge in [-0.05, 0) is 47.8 Å². The number of alkyl carbamates (subject to hydrolysis) is 1. The summed E-state index contributed by atoms with van der Waals surface area (Å²) in [5.74, 6) is -0.530. The number of ether oxygens (including phenoxy) is 2. The van der Waals surface area contributed by atoms with Crippen LogP contribution in [0, 0.1) is 0 Å². The van der Waals surface area contributed by atoms with Crippen molar-refractivity contribution in [2.45, 2.75) is 45.4 Å². The number of benzene rings is 4. The Hall–Kier alpha value is -3.73. The van der Waals surface area contributed by atoms with Crippen molar-refractivity contribution in [1.82, 2.24) is 5.32 Å². The number of carbonyl (C=O) groups excluding carboxylic acids is 2. The third kappa shape index (κ3) is 7.68. The molecule has 7 heteroatoms. The largest absolute Gasteiger partial charge is 0.459 e. The van der Waals surface area contributed by atoms with Crippen LogP contribution in [-0.4, -0.2) is 23.7 Å². The second kappa shape index (κ2) is 13.1. The Morgan fingerprint density at radius 3 is 1.70 bits per heavy atom. The molecule has 0 fully saturated rings. The molecule has 0 aliphatic heterocycles. The van der Waals surface area contributed by atoms with E-state index in [0.29, 0.717) is 0 Å². The smallest absolute Gasteiger partial charge is 0.408 e. The first-order valence-electron chi connectivity index (χ1n) is 13.2. The summed E-state index contributed by atoms with van der Waals surface area (Å²) < 4.78 is 11.0. The van der Waals surface area contributed by atoms with Crippen LogP contribution in [0.15, 0.2) is 115 Å². The van der Waals surface area contributed by atoms with Crippen molar-refractivity contribution in [1.29, 1.82) is 0 Å². The molecule has 206 valence electrons. The van der Waals surface area contributed by atoms with Gasteiger partial charge in [-0.25, -0.2) is 9.59 Å². The highest BCUT2D eigenvalue weighted by atomic mass is 32.4. The Morgan fingerprint density at radius 2 is 1.20 bits per heavy atom. The van der Waals surface area contributed by atoms with E-state index in [1.807, 2.05) is 91.0 Å². The Labute approximate surface area is 241 Å². The van der Waals surface area contributed by atoms with E-state index in [1.165, 1.54) is 0 Å². The number of amides is 1. The second-order valence-electron chi connectivity index (χ2n) is 10.4. The van der Waals surface area contributed by atoms with Gasteiger partial charge < -0.3 is 14.8 Å². The van der Waals surface area contributed by atoms with Gasteiger partial charge in [-0.1, -0.05) is 127 Å². The third-order valence-electron chi connectivity index (χ3n) is 6.18. The van der Waals surface area contributed by atoms with E-state index in [4.69, 9.17) is 21.3 Å². The van der Waals surface area contributed by atoms with Crippen molar-refractivity contribution in [3.8, 4) is 0 Å². The molecule has 0 saturated heterocycles. The van der Waals surface area contributed by atoms with Crippen molar-refractivity contribution < 1.29 is 19.1 Å². The molecule has 0 spiro atoms. The summed E-state index contributed by atoms with van der Waals surface area (Å²) in [6, 6.07) is 34.6. The van der Waals surface area contributed by atoms with Crippen LogP contribution in [0.25, 0.3) is 0 Å². The second-order valence-corrected chi connectivity index (χ2v) is 14.9. The zero-order valence-electron chi connectivity index (χ0n) is 22.9. The lowest BCUT2D eigenvalue weighted by Gasteiger charge is -2.25. The molecule has 1 N–H and O–H groups in total. The summed E-state index contributed by atoms with van der Waals surface area (Å²) >= 11 is 6.43. The summed E-state index contributed by atoms with van der Waals surface area (Å²) in [7, 11) is 0. The highest BCUT2D eigenvalue weighted by molar-refractivity contribution is 8.25. The van der Waals surface area contributed by atoms with Gasteiger partial charge in [0.15, 0.2) is 0 Å². The molecule has 5 nitrogen and oxygen atoms in total. The average Bonchev–Trinajstić information content (AvgIpc) is 2.96. The van der Waals surface area contributed by atoms with Crippen LogP contribution < -0.4 is 21.2 Å². The van der Waals surface area contributed by atoms with Crippen LogP contribution in [-0.2, 0) is 39.1 Å². The normalized spacial score (nSPS) is 12.3. The summed E-state index contributed by atoms with van der Waals surface area (Å²) in [4.78, 5) is 25.7. The SMILES string of the molecule is CC(C)(C)OC(=O)N[C@@H](Cc1ccc(P(=S)(c2ccccc2)c2ccccc2)cc1)C(=O)OCc1ccccc1. The van der Waals surface area contributed by atoms with E-state index in [0.717, 1.165) is 27.0 Å². The van der Waals surface area contributed by atoms with E-state index in [2.05, 4.69) is 29.6 Å². The van der Waals surface area contributed by atoms with Gasteiger partial charge in [0.1, 0.15) is 18.2 Å². The minimum absolute atomic E-state index is 0.113. The Morgan fingerprint density at radius 1 is 0.725 bits per heavy atom. The average molecular weight is 572 g/mol. The predicted molar refractivity (Wildman–Crippen MR) is 166 cm³/mol. The number of hydrogen-bond donors (Lipinski definition) is 1. The maximum absolute atomic E-state index is 13.1. The predicted octanol–water partition coefficient (Wildman–Crippen LogP) is 5.62. The molecule has 0 saturated carbocycles. The number of carbonyl (C=O) groups is 2. The zero-order chi connectivity index (χ0) is 28.6. The van der Waals surface area contributed by atoms with Crippen LogP contribution in [0.3, 0.4) is 0 Å². The van der Waals surface area contributed by atoms with E-state index in [-0.39, 0.29) is 13.0 Å². The maximum atomic E-state index is 13.1. The summed E-state index contributed by atoms with van der Waals surface area (Å²) in [5.41, 5.74) is 1.03. The molecule has 4 rings (SSSR count). The fraction of sp³-hybridized carbons (Fsp3) is 0.212. The number of esters is 1. The molecule has 1 amide bonds. The molecule has 0 unspecified atom stereocenters. The first kappa shape index (κ1) is 29.3. The van der Waals surface area contributed by atoms with Crippen molar-refractivity contribution in [2.24, 2.45) is 0 Å². The van der Waals surface area contributed by atoms with Crippen molar-refractivity contribution >= 4 is 45.8 Å². The number of hydrogen-bond acceptors (Lipinski definition) is 5. The molecule has 0 heterocycles. The topological polar surface area (TPSA) is 64.6 Å². The van der Waals surface area contributed by atoms with Gasteiger partial charge in [0, 0.05) is 12.5 Å².